The molecule has 0 fully saturated rings. The molecule has 2 heterocycles. The minimum atomic E-state index is -0.914. The first-order chi connectivity index (χ1) is 12.1. The van der Waals surface area contributed by atoms with E-state index in [4.69, 9.17) is 22.1 Å². The minimum Gasteiger partial charge on any atom is -0.445 e. The summed E-state index contributed by atoms with van der Waals surface area (Å²) in [6.45, 7) is 5.59. The molecule has 8 nitrogen and oxygen atoms in total. The maximum absolute atomic E-state index is 12.7. The Bertz CT molecular complexity index is 785. The fourth-order valence-electron chi connectivity index (χ4n) is 2.29. The Morgan fingerprint density at radius 2 is 2.12 bits per heavy atom. The van der Waals surface area contributed by atoms with E-state index in [1.165, 1.54) is 9.58 Å². The number of nitrogens with two attached hydrogens (primary N) is 1. The Balaban J connectivity index is 2.20. The van der Waals surface area contributed by atoms with Crippen LogP contribution in [0.3, 0.4) is 0 Å². The monoisotopic (exact) mass is 379 g/mol. The highest BCUT2D eigenvalue weighted by molar-refractivity contribution is 6.32. The number of aromatic nitrogens is 3. The normalized spacial score (nSPS) is 12.5. The van der Waals surface area contributed by atoms with E-state index in [0.29, 0.717) is 11.4 Å². The summed E-state index contributed by atoms with van der Waals surface area (Å²) in [5.74, 6) is -0.279. The van der Waals surface area contributed by atoms with Crippen molar-refractivity contribution >= 4 is 29.3 Å². The molecule has 9 heteroatoms. The topological polar surface area (TPSA) is 103 Å². The summed E-state index contributed by atoms with van der Waals surface area (Å²) in [6, 6.07) is 3.59. The lowest BCUT2D eigenvalue weighted by atomic mass is 9.86. The Kier molecular flexibility index (Phi) is 5.86. The van der Waals surface area contributed by atoms with Gasteiger partial charge in [0.15, 0.2) is 5.15 Å². The predicted molar refractivity (Wildman–Crippen MR) is 98.3 cm³/mol. The van der Waals surface area contributed by atoms with Gasteiger partial charge in [-0.1, -0.05) is 32.4 Å². The van der Waals surface area contributed by atoms with Crippen LogP contribution in [-0.2, 0) is 9.53 Å². The van der Waals surface area contributed by atoms with Crippen LogP contribution in [-0.4, -0.2) is 39.9 Å². The zero-order chi connectivity index (χ0) is 19.5. The van der Waals surface area contributed by atoms with Crippen LogP contribution in [0, 0.1) is 5.41 Å². The second kappa shape index (κ2) is 7.74. The summed E-state index contributed by atoms with van der Waals surface area (Å²) in [6.07, 6.45) is 3.31. The predicted octanol–water partition coefficient (Wildman–Crippen LogP) is 2.78. The molecule has 0 aliphatic rings. The highest BCUT2D eigenvalue weighted by Crippen LogP contribution is 2.29. The number of pyridine rings is 1. The van der Waals surface area contributed by atoms with Gasteiger partial charge in [0.05, 0.1) is 24.5 Å². The van der Waals surface area contributed by atoms with Crippen molar-refractivity contribution in [3.8, 4) is 5.69 Å². The lowest BCUT2D eigenvalue weighted by Crippen LogP contribution is -2.39. The van der Waals surface area contributed by atoms with Gasteiger partial charge in [-0.25, -0.2) is 9.48 Å². The smallest absolute Gasteiger partial charge is 0.404 e. The Labute approximate surface area is 156 Å². The molecule has 2 rings (SSSR count). The van der Waals surface area contributed by atoms with Crippen LogP contribution in [0.2, 0.25) is 5.15 Å². The second-order valence-electron chi connectivity index (χ2n) is 6.91. The van der Waals surface area contributed by atoms with Gasteiger partial charge >= 0.3 is 6.09 Å². The molecule has 1 unspecified atom stereocenters. The van der Waals surface area contributed by atoms with Gasteiger partial charge in [-0.15, -0.1) is 0 Å². The molecule has 140 valence electrons. The van der Waals surface area contributed by atoms with Crippen molar-refractivity contribution in [3.05, 3.63) is 35.9 Å². The number of hydrogen-bond donors (Lipinski definition) is 1. The fourth-order valence-corrected chi connectivity index (χ4v) is 2.54. The summed E-state index contributed by atoms with van der Waals surface area (Å²) in [7, 11) is 1.59. The van der Waals surface area contributed by atoms with E-state index in [2.05, 4.69) is 10.1 Å². The van der Waals surface area contributed by atoms with Crippen molar-refractivity contribution in [2.45, 2.75) is 33.3 Å². The zero-order valence-corrected chi connectivity index (χ0v) is 15.9. The summed E-state index contributed by atoms with van der Waals surface area (Å²) < 4.78 is 6.64. The van der Waals surface area contributed by atoms with Crippen LogP contribution >= 0.6 is 11.6 Å². The van der Waals surface area contributed by atoms with Gasteiger partial charge in [0.25, 0.3) is 0 Å². The van der Waals surface area contributed by atoms with Crippen LogP contribution in [0.4, 0.5) is 10.5 Å². The van der Waals surface area contributed by atoms with Crippen molar-refractivity contribution in [2.75, 3.05) is 11.9 Å². The average Bonchev–Trinajstić information content (AvgIpc) is 2.95. The van der Waals surface area contributed by atoms with Crippen molar-refractivity contribution in [1.29, 1.82) is 0 Å². The van der Waals surface area contributed by atoms with E-state index in [9.17, 15) is 9.59 Å². The SMILES string of the molecule is CN(C(=O)CC(OC(N)=O)C(C)(C)C)c1cn(-c2cccnc2)nc1Cl. The first-order valence-electron chi connectivity index (χ1n) is 7.98. The van der Waals surface area contributed by atoms with Crippen molar-refractivity contribution in [2.24, 2.45) is 11.1 Å². The van der Waals surface area contributed by atoms with Crippen LogP contribution in [0.15, 0.2) is 30.7 Å². The van der Waals surface area contributed by atoms with Gasteiger partial charge in [-0.2, -0.15) is 5.10 Å². The number of amides is 2. The maximum Gasteiger partial charge on any atom is 0.404 e. The van der Waals surface area contributed by atoms with Crippen LogP contribution in [0.1, 0.15) is 27.2 Å². The van der Waals surface area contributed by atoms with Gasteiger partial charge < -0.3 is 15.4 Å². The molecule has 2 amide bonds. The van der Waals surface area contributed by atoms with Gasteiger partial charge in [0.2, 0.25) is 5.91 Å². The number of primary amides is 1. The molecule has 0 aliphatic heterocycles. The molecule has 0 aromatic carbocycles. The van der Waals surface area contributed by atoms with Crippen molar-refractivity contribution in [1.82, 2.24) is 14.8 Å². The third-order valence-electron chi connectivity index (χ3n) is 3.88. The van der Waals surface area contributed by atoms with Crippen molar-refractivity contribution < 1.29 is 14.3 Å². The van der Waals surface area contributed by atoms with Crippen molar-refractivity contribution in [3.63, 3.8) is 0 Å². The van der Waals surface area contributed by atoms with Gasteiger partial charge in [-0.3, -0.25) is 9.78 Å². The number of carbonyl (C=O) groups is 2. The molecule has 0 bridgehead atoms. The van der Waals surface area contributed by atoms with Gasteiger partial charge in [0.1, 0.15) is 11.8 Å². The average molecular weight is 380 g/mol. The third kappa shape index (κ3) is 4.72. The molecule has 2 N–H and O–H groups in total. The zero-order valence-electron chi connectivity index (χ0n) is 15.1. The highest BCUT2D eigenvalue weighted by atomic mass is 35.5. The number of rotatable bonds is 5. The molecular formula is C17H22ClN5O3. The molecule has 2 aromatic rings. The lowest BCUT2D eigenvalue weighted by Gasteiger charge is -2.30. The largest absolute Gasteiger partial charge is 0.445 e. The van der Waals surface area contributed by atoms with Crippen LogP contribution in [0.5, 0.6) is 0 Å². The van der Waals surface area contributed by atoms with E-state index in [-0.39, 0.29) is 17.5 Å². The summed E-state index contributed by atoms with van der Waals surface area (Å²) in [5, 5.41) is 4.38. The number of anilines is 1. The molecule has 0 aliphatic carbocycles. The molecule has 0 radical (unpaired) electrons. The number of nitrogens with zero attached hydrogens (tertiary/aromatic N) is 4. The summed E-state index contributed by atoms with van der Waals surface area (Å²) >= 11 is 6.19. The number of halogens is 1. The maximum atomic E-state index is 12.7. The second-order valence-corrected chi connectivity index (χ2v) is 7.27. The Hall–Kier alpha value is -2.61. The third-order valence-corrected chi connectivity index (χ3v) is 4.15. The number of carbonyl (C=O) groups excluding carboxylic acids is 2. The molecule has 1 atom stereocenters. The number of ether oxygens (including phenoxy) is 1. The minimum absolute atomic E-state index is 0.0304. The van der Waals surface area contributed by atoms with E-state index in [1.807, 2.05) is 26.8 Å². The van der Waals surface area contributed by atoms with Crippen LogP contribution < -0.4 is 10.6 Å². The molecule has 0 spiro atoms. The van der Waals surface area contributed by atoms with Gasteiger partial charge in [0, 0.05) is 13.2 Å². The first kappa shape index (κ1) is 19.7. The highest BCUT2D eigenvalue weighted by Gasteiger charge is 2.32. The molecule has 0 saturated carbocycles. The summed E-state index contributed by atoms with van der Waals surface area (Å²) in [5.41, 5.74) is 5.82. The van der Waals surface area contributed by atoms with E-state index in [1.54, 1.807) is 31.7 Å². The summed E-state index contributed by atoms with van der Waals surface area (Å²) in [4.78, 5) is 29.2. The molecular weight excluding hydrogens is 358 g/mol. The quantitative estimate of drug-likeness (QED) is 0.860. The van der Waals surface area contributed by atoms with E-state index >= 15 is 0 Å². The van der Waals surface area contributed by atoms with Gasteiger partial charge in [-0.05, 0) is 17.5 Å². The Morgan fingerprint density at radius 3 is 2.65 bits per heavy atom. The first-order valence-corrected chi connectivity index (χ1v) is 8.35. The van der Waals surface area contributed by atoms with Crippen LogP contribution in [0.25, 0.3) is 5.69 Å². The standard InChI is InChI=1S/C17H22ClN5O3/c1-17(2,3)13(26-16(19)25)8-14(24)22(4)12-10-23(21-15(12)18)11-6-5-7-20-9-11/h5-7,9-10,13H,8H2,1-4H3,(H2,19,25). The molecule has 0 saturated heterocycles. The number of hydrogen-bond acceptors (Lipinski definition) is 5. The molecule has 2 aromatic heterocycles. The van der Waals surface area contributed by atoms with E-state index in [0.717, 1.165) is 0 Å². The fraction of sp³-hybridized carbons (Fsp3) is 0.412. The molecule has 26 heavy (non-hydrogen) atoms. The van der Waals surface area contributed by atoms with E-state index < -0.39 is 17.6 Å². The Morgan fingerprint density at radius 1 is 1.42 bits per heavy atom. The lowest BCUT2D eigenvalue weighted by molar-refractivity contribution is -0.121.